The average molecular weight is 451 g/mol. The number of benzene rings is 3. The number of anilines is 1. The number of hydrogen-bond donors (Lipinski definition) is 2. The lowest BCUT2D eigenvalue weighted by Crippen LogP contribution is -2.30. The SMILES string of the molecule is CCOc1ccc(/C=C(\NC(=O)c2ccccc2)C(=O)Nc2cccc(Cl)c2)cc1OC. The number of carbonyl (C=O) groups excluding carboxylic acids is 2. The first-order chi connectivity index (χ1) is 15.5. The highest BCUT2D eigenvalue weighted by Gasteiger charge is 2.16. The van der Waals surface area contributed by atoms with Crippen molar-refractivity contribution in [1.82, 2.24) is 5.32 Å². The lowest BCUT2D eigenvalue weighted by molar-refractivity contribution is -0.113. The fourth-order valence-electron chi connectivity index (χ4n) is 2.92. The van der Waals surface area contributed by atoms with Gasteiger partial charge in [0.1, 0.15) is 5.70 Å². The molecule has 0 bridgehead atoms. The molecule has 3 aromatic rings. The topological polar surface area (TPSA) is 76.7 Å². The van der Waals surface area contributed by atoms with Crippen molar-refractivity contribution < 1.29 is 19.1 Å². The summed E-state index contributed by atoms with van der Waals surface area (Å²) < 4.78 is 10.9. The average Bonchev–Trinajstić information content (AvgIpc) is 2.80. The maximum absolute atomic E-state index is 13.0. The van der Waals surface area contributed by atoms with Crippen molar-refractivity contribution in [3.05, 3.63) is 94.6 Å². The van der Waals surface area contributed by atoms with Gasteiger partial charge in [-0.05, 0) is 61.0 Å². The first-order valence-electron chi connectivity index (χ1n) is 9.96. The molecule has 0 radical (unpaired) electrons. The van der Waals surface area contributed by atoms with Gasteiger partial charge in [0, 0.05) is 16.3 Å². The highest BCUT2D eigenvalue weighted by atomic mass is 35.5. The lowest BCUT2D eigenvalue weighted by Gasteiger charge is -2.13. The first-order valence-corrected chi connectivity index (χ1v) is 10.3. The molecular weight excluding hydrogens is 428 g/mol. The second-order valence-electron chi connectivity index (χ2n) is 6.69. The minimum absolute atomic E-state index is 0.0602. The van der Waals surface area contributed by atoms with Crippen molar-refractivity contribution >= 4 is 35.2 Å². The normalized spacial score (nSPS) is 10.9. The summed E-state index contributed by atoms with van der Waals surface area (Å²) in [5, 5.41) is 5.94. The molecule has 0 saturated carbocycles. The molecule has 0 heterocycles. The standard InChI is InChI=1S/C25H23ClN2O4/c1-3-32-22-13-12-17(15-23(22)31-2)14-21(28-24(29)18-8-5-4-6-9-18)25(30)27-20-11-7-10-19(26)16-20/h4-16H,3H2,1-2H3,(H,27,30)(H,28,29)/b21-14-. The summed E-state index contributed by atoms with van der Waals surface area (Å²) in [6.07, 6.45) is 1.57. The van der Waals surface area contributed by atoms with Crippen LogP contribution in [-0.4, -0.2) is 25.5 Å². The van der Waals surface area contributed by atoms with E-state index in [0.717, 1.165) is 0 Å². The molecule has 0 fully saturated rings. The molecule has 0 aliphatic heterocycles. The van der Waals surface area contributed by atoms with Gasteiger partial charge in [0.05, 0.1) is 13.7 Å². The maximum atomic E-state index is 13.0. The molecule has 0 atom stereocenters. The zero-order valence-electron chi connectivity index (χ0n) is 17.7. The van der Waals surface area contributed by atoms with Crippen molar-refractivity contribution in [2.24, 2.45) is 0 Å². The number of nitrogens with one attached hydrogen (secondary N) is 2. The second-order valence-corrected chi connectivity index (χ2v) is 7.12. The van der Waals surface area contributed by atoms with Gasteiger partial charge in [0.25, 0.3) is 11.8 Å². The van der Waals surface area contributed by atoms with E-state index < -0.39 is 11.8 Å². The van der Waals surface area contributed by atoms with Crippen LogP contribution in [0.25, 0.3) is 6.08 Å². The third-order valence-corrected chi connectivity index (χ3v) is 4.64. The van der Waals surface area contributed by atoms with Crippen LogP contribution in [0.3, 0.4) is 0 Å². The Hall–Kier alpha value is -3.77. The minimum atomic E-state index is -0.496. The summed E-state index contributed by atoms with van der Waals surface area (Å²) in [4.78, 5) is 25.7. The molecule has 0 aliphatic carbocycles. The number of methoxy groups -OCH3 is 1. The number of carbonyl (C=O) groups is 2. The molecule has 2 amide bonds. The van der Waals surface area contributed by atoms with Gasteiger partial charge in [0.2, 0.25) is 0 Å². The Morgan fingerprint density at radius 2 is 1.75 bits per heavy atom. The van der Waals surface area contributed by atoms with E-state index in [1.807, 2.05) is 13.0 Å². The molecular formula is C25H23ClN2O4. The van der Waals surface area contributed by atoms with E-state index in [0.29, 0.717) is 39.9 Å². The van der Waals surface area contributed by atoms with Crippen LogP contribution in [0.2, 0.25) is 5.02 Å². The first kappa shape index (κ1) is 22.9. The lowest BCUT2D eigenvalue weighted by atomic mass is 10.1. The second kappa shape index (κ2) is 11.0. The fourth-order valence-corrected chi connectivity index (χ4v) is 3.11. The van der Waals surface area contributed by atoms with E-state index >= 15 is 0 Å². The highest BCUT2D eigenvalue weighted by Crippen LogP contribution is 2.29. The Bertz CT molecular complexity index is 1130. The van der Waals surface area contributed by atoms with Crippen molar-refractivity contribution in [1.29, 1.82) is 0 Å². The van der Waals surface area contributed by atoms with Crippen LogP contribution in [-0.2, 0) is 4.79 Å². The Labute approximate surface area is 191 Å². The van der Waals surface area contributed by atoms with Gasteiger partial charge in [-0.25, -0.2) is 0 Å². The van der Waals surface area contributed by atoms with Crippen molar-refractivity contribution in [3.8, 4) is 11.5 Å². The molecule has 0 aliphatic rings. The van der Waals surface area contributed by atoms with E-state index in [-0.39, 0.29) is 5.70 Å². The van der Waals surface area contributed by atoms with Crippen LogP contribution in [0, 0.1) is 0 Å². The van der Waals surface area contributed by atoms with Crippen LogP contribution in [0.5, 0.6) is 11.5 Å². The van der Waals surface area contributed by atoms with Gasteiger partial charge in [-0.15, -0.1) is 0 Å². The number of rotatable bonds is 8. The van der Waals surface area contributed by atoms with E-state index in [9.17, 15) is 9.59 Å². The van der Waals surface area contributed by atoms with Gasteiger partial charge < -0.3 is 20.1 Å². The molecule has 2 N–H and O–H groups in total. The van der Waals surface area contributed by atoms with Crippen LogP contribution < -0.4 is 20.1 Å². The zero-order chi connectivity index (χ0) is 22.9. The van der Waals surface area contributed by atoms with Crippen LogP contribution in [0.1, 0.15) is 22.8 Å². The number of amides is 2. The summed E-state index contributed by atoms with van der Waals surface area (Å²) in [7, 11) is 1.54. The monoisotopic (exact) mass is 450 g/mol. The quantitative estimate of drug-likeness (QED) is 0.465. The predicted octanol–water partition coefficient (Wildman–Crippen LogP) is 5.16. The molecule has 7 heteroatoms. The number of halogens is 1. The van der Waals surface area contributed by atoms with Gasteiger partial charge in [0.15, 0.2) is 11.5 Å². The molecule has 0 spiro atoms. The Morgan fingerprint density at radius 3 is 2.44 bits per heavy atom. The third kappa shape index (κ3) is 6.12. The summed E-state index contributed by atoms with van der Waals surface area (Å²) in [6.45, 7) is 2.37. The zero-order valence-corrected chi connectivity index (χ0v) is 18.5. The minimum Gasteiger partial charge on any atom is -0.493 e. The molecule has 164 valence electrons. The van der Waals surface area contributed by atoms with E-state index in [1.54, 1.807) is 72.8 Å². The Kier molecular flexibility index (Phi) is 7.89. The van der Waals surface area contributed by atoms with Crippen molar-refractivity contribution in [3.63, 3.8) is 0 Å². The fraction of sp³-hybridized carbons (Fsp3) is 0.120. The van der Waals surface area contributed by atoms with E-state index in [2.05, 4.69) is 10.6 Å². The molecule has 3 rings (SSSR count). The molecule has 0 aromatic heterocycles. The van der Waals surface area contributed by atoms with Crippen LogP contribution >= 0.6 is 11.6 Å². The van der Waals surface area contributed by atoms with Crippen LogP contribution in [0.15, 0.2) is 78.5 Å². The maximum Gasteiger partial charge on any atom is 0.272 e. The summed E-state index contributed by atoms with van der Waals surface area (Å²) in [5.74, 6) is 0.204. The summed E-state index contributed by atoms with van der Waals surface area (Å²) in [6, 6.07) is 20.7. The van der Waals surface area contributed by atoms with E-state index in [4.69, 9.17) is 21.1 Å². The van der Waals surface area contributed by atoms with Gasteiger partial charge in [-0.3, -0.25) is 9.59 Å². The highest BCUT2D eigenvalue weighted by molar-refractivity contribution is 6.31. The smallest absolute Gasteiger partial charge is 0.272 e. The summed E-state index contributed by atoms with van der Waals surface area (Å²) in [5.41, 5.74) is 1.64. The van der Waals surface area contributed by atoms with Crippen LogP contribution in [0.4, 0.5) is 5.69 Å². The van der Waals surface area contributed by atoms with Gasteiger partial charge in [-0.1, -0.05) is 41.9 Å². The largest absolute Gasteiger partial charge is 0.493 e. The van der Waals surface area contributed by atoms with Crippen molar-refractivity contribution in [2.45, 2.75) is 6.92 Å². The third-order valence-electron chi connectivity index (χ3n) is 4.41. The van der Waals surface area contributed by atoms with Gasteiger partial charge in [-0.2, -0.15) is 0 Å². The molecule has 0 unspecified atom stereocenters. The van der Waals surface area contributed by atoms with E-state index in [1.165, 1.54) is 7.11 Å². The number of hydrogen-bond acceptors (Lipinski definition) is 4. The Morgan fingerprint density at radius 1 is 0.969 bits per heavy atom. The van der Waals surface area contributed by atoms with Crippen molar-refractivity contribution in [2.75, 3.05) is 19.0 Å². The molecule has 32 heavy (non-hydrogen) atoms. The summed E-state index contributed by atoms with van der Waals surface area (Å²) >= 11 is 6.01. The molecule has 3 aromatic carbocycles. The number of ether oxygens (including phenoxy) is 2. The predicted molar refractivity (Wildman–Crippen MR) is 126 cm³/mol. The Balaban J connectivity index is 1.93. The van der Waals surface area contributed by atoms with Gasteiger partial charge >= 0.3 is 0 Å². The molecule has 0 saturated heterocycles. The molecule has 6 nitrogen and oxygen atoms in total.